The fourth-order valence-corrected chi connectivity index (χ4v) is 2.80. The van der Waals surface area contributed by atoms with Crippen LogP contribution in [0, 0.1) is 11.8 Å². The predicted octanol–water partition coefficient (Wildman–Crippen LogP) is 0.916. The lowest BCUT2D eigenvalue weighted by molar-refractivity contribution is -0.122. The van der Waals surface area contributed by atoms with E-state index in [0.29, 0.717) is 25.0 Å². The topological polar surface area (TPSA) is 70.6 Å². The maximum Gasteiger partial charge on any atom is 0.236 e. The Balaban J connectivity index is 2.20. The Hall–Kier alpha value is -0.650. The van der Waals surface area contributed by atoms with Crippen molar-refractivity contribution in [1.29, 1.82) is 0 Å². The van der Waals surface area contributed by atoms with Crippen LogP contribution in [0.1, 0.15) is 39.0 Å². The molecule has 1 amide bonds. The summed E-state index contributed by atoms with van der Waals surface area (Å²) in [6.07, 6.45) is 5.56. The maximum atomic E-state index is 11.9. The summed E-state index contributed by atoms with van der Waals surface area (Å²) in [6.45, 7) is 4.30. The first-order chi connectivity index (χ1) is 9.69. The van der Waals surface area contributed by atoms with Crippen molar-refractivity contribution in [2.75, 3.05) is 33.4 Å². The molecule has 1 aliphatic rings. The summed E-state index contributed by atoms with van der Waals surface area (Å²) >= 11 is 0. The van der Waals surface area contributed by atoms with Crippen LogP contribution in [0.5, 0.6) is 0 Å². The van der Waals surface area contributed by atoms with Crippen LogP contribution in [0.4, 0.5) is 0 Å². The molecule has 0 aromatic carbocycles. The third-order valence-electron chi connectivity index (χ3n) is 4.20. The molecule has 0 saturated heterocycles. The second kappa shape index (κ2) is 10.1. The lowest BCUT2D eigenvalue weighted by Gasteiger charge is -2.31. The molecule has 20 heavy (non-hydrogen) atoms. The standard InChI is InChI=1S/C15H30N2O3/c1-12(15(19)16-8-5-9-20-2)17-10-13-6-3-4-7-14(13)11-18/h12-14,17-18H,3-11H2,1-2H3,(H,16,19). The molecule has 0 spiro atoms. The third kappa shape index (κ3) is 6.20. The van der Waals surface area contributed by atoms with Gasteiger partial charge in [0.05, 0.1) is 6.04 Å². The highest BCUT2D eigenvalue weighted by atomic mass is 16.5. The van der Waals surface area contributed by atoms with E-state index in [9.17, 15) is 9.90 Å². The van der Waals surface area contributed by atoms with Crippen molar-refractivity contribution in [3.05, 3.63) is 0 Å². The van der Waals surface area contributed by atoms with Crippen LogP contribution in [-0.4, -0.2) is 50.5 Å². The first-order valence-corrected chi connectivity index (χ1v) is 7.80. The van der Waals surface area contributed by atoms with Gasteiger partial charge < -0.3 is 20.5 Å². The first-order valence-electron chi connectivity index (χ1n) is 7.80. The van der Waals surface area contributed by atoms with E-state index in [0.717, 1.165) is 25.8 Å². The van der Waals surface area contributed by atoms with E-state index in [1.807, 2.05) is 6.92 Å². The van der Waals surface area contributed by atoms with Gasteiger partial charge in [-0.05, 0) is 44.6 Å². The van der Waals surface area contributed by atoms with Crippen LogP contribution in [0.3, 0.4) is 0 Å². The van der Waals surface area contributed by atoms with Crippen LogP contribution in [0.25, 0.3) is 0 Å². The summed E-state index contributed by atoms with van der Waals surface area (Å²) in [5.74, 6) is 0.933. The van der Waals surface area contributed by atoms with Gasteiger partial charge in [-0.15, -0.1) is 0 Å². The molecule has 0 aromatic heterocycles. The van der Waals surface area contributed by atoms with Crippen molar-refractivity contribution in [3.8, 4) is 0 Å². The molecule has 5 heteroatoms. The van der Waals surface area contributed by atoms with Crippen LogP contribution >= 0.6 is 0 Å². The highest BCUT2D eigenvalue weighted by Gasteiger charge is 2.25. The van der Waals surface area contributed by atoms with E-state index in [1.165, 1.54) is 12.8 Å². The summed E-state index contributed by atoms with van der Waals surface area (Å²) in [5, 5.41) is 15.6. The zero-order chi connectivity index (χ0) is 14.8. The van der Waals surface area contributed by atoms with Crippen LogP contribution in [-0.2, 0) is 9.53 Å². The van der Waals surface area contributed by atoms with Crippen LogP contribution in [0.15, 0.2) is 0 Å². The monoisotopic (exact) mass is 286 g/mol. The number of aliphatic hydroxyl groups excluding tert-OH is 1. The maximum absolute atomic E-state index is 11.9. The van der Waals surface area contributed by atoms with E-state index in [1.54, 1.807) is 7.11 Å². The Morgan fingerprint density at radius 2 is 2.05 bits per heavy atom. The lowest BCUT2D eigenvalue weighted by Crippen LogP contribution is -2.45. The van der Waals surface area contributed by atoms with Gasteiger partial charge in [0.25, 0.3) is 0 Å². The number of carbonyl (C=O) groups excluding carboxylic acids is 1. The van der Waals surface area contributed by atoms with Gasteiger partial charge in [-0.2, -0.15) is 0 Å². The van der Waals surface area contributed by atoms with Crippen molar-refractivity contribution in [3.63, 3.8) is 0 Å². The van der Waals surface area contributed by atoms with Gasteiger partial charge in [0, 0.05) is 26.9 Å². The fraction of sp³-hybridized carbons (Fsp3) is 0.933. The lowest BCUT2D eigenvalue weighted by atomic mass is 9.79. The van der Waals surface area contributed by atoms with Gasteiger partial charge in [-0.25, -0.2) is 0 Å². The smallest absolute Gasteiger partial charge is 0.236 e. The largest absolute Gasteiger partial charge is 0.396 e. The number of amides is 1. The summed E-state index contributed by atoms with van der Waals surface area (Å²) < 4.78 is 4.94. The van der Waals surface area contributed by atoms with E-state index in [-0.39, 0.29) is 18.6 Å². The number of methoxy groups -OCH3 is 1. The predicted molar refractivity (Wildman–Crippen MR) is 79.5 cm³/mol. The molecule has 3 unspecified atom stereocenters. The Morgan fingerprint density at radius 3 is 2.70 bits per heavy atom. The highest BCUT2D eigenvalue weighted by Crippen LogP contribution is 2.29. The third-order valence-corrected chi connectivity index (χ3v) is 4.20. The van der Waals surface area contributed by atoms with E-state index >= 15 is 0 Å². The molecule has 0 aromatic rings. The minimum Gasteiger partial charge on any atom is -0.396 e. The van der Waals surface area contributed by atoms with Gasteiger partial charge in [0.1, 0.15) is 0 Å². The van der Waals surface area contributed by atoms with Crippen molar-refractivity contribution in [1.82, 2.24) is 10.6 Å². The Labute approximate surface area is 122 Å². The Morgan fingerprint density at radius 1 is 1.35 bits per heavy atom. The minimum absolute atomic E-state index is 0.0393. The van der Waals surface area contributed by atoms with Gasteiger partial charge in [0.2, 0.25) is 5.91 Å². The molecule has 0 heterocycles. The number of hydrogen-bond acceptors (Lipinski definition) is 4. The second-order valence-corrected chi connectivity index (χ2v) is 5.75. The number of carbonyl (C=O) groups is 1. The number of hydrogen-bond donors (Lipinski definition) is 3. The molecule has 118 valence electrons. The number of aliphatic hydroxyl groups is 1. The molecule has 0 radical (unpaired) electrons. The molecule has 3 atom stereocenters. The second-order valence-electron chi connectivity index (χ2n) is 5.75. The van der Waals surface area contributed by atoms with Crippen molar-refractivity contribution < 1.29 is 14.6 Å². The Bertz CT molecular complexity index is 274. The molecular weight excluding hydrogens is 256 g/mol. The van der Waals surface area contributed by atoms with Gasteiger partial charge in [-0.1, -0.05) is 12.8 Å². The summed E-state index contributed by atoms with van der Waals surface area (Å²) in [7, 11) is 1.66. The first kappa shape index (κ1) is 17.4. The molecular formula is C15H30N2O3. The molecule has 1 fully saturated rings. The summed E-state index contributed by atoms with van der Waals surface area (Å²) in [6, 6.07) is -0.182. The number of rotatable bonds is 9. The number of nitrogens with one attached hydrogen (secondary N) is 2. The van der Waals surface area contributed by atoms with Crippen LogP contribution in [0.2, 0.25) is 0 Å². The molecule has 1 aliphatic carbocycles. The zero-order valence-electron chi connectivity index (χ0n) is 12.9. The van der Waals surface area contributed by atoms with Gasteiger partial charge >= 0.3 is 0 Å². The van der Waals surface area contributed by atoms with E-state index in [2.05, 4.69) is 10.6 Å². The molecule has 0 bridgehead atoms. The highest BCUT2D eigenvalue weighted by molar-refractivity contribution is 5.81. The van der Waals surface area contributed by atoms with Crippen molar-refractivity contribution in [2.45, 2.75) is 45.1 Å². The molecule has 5 nitrogen and oxygen atoms in total. The average Bonchev–Trinajstić information content (AvgIpc) is 2.49. The van der Waals surface area contributed by atoms with Crippen LogP contribution < -0.4 is 10.6 Å². The SMILES string of the molecule is COCCCNC(=O)C(C)NCC1CCCCC1CO. The normalized spacial score (nSPS) is 24.4. The van der Waals surface area contributed by atoms with Crippen molar-refractivity contribution >= 4 is 5.91 Å². The molecule has 1 rings (SSSR count). The fourth-order valence-electron chi connectivity index (χ4n) is 2.80. The molecule has 1 saturated carbocycles. The molecule has 3 N–H and O–H groups in total. The quantitative estimate of drug-likeness (QED) is 0.551. The van der Waals surface area contributed by atoms with Gasteiger partial charge in [-0.3, -0.25) is 4.79 Å². The zero-order valence-corrected chi connectivity index (χ0v) is 12.9. The van der Waals surface area contributed by atoms with E-state index in [4.69, 9.17) is 4.74 Å². The summed E-state index contributed by atoms with van der Waals surface area (Å²) in [5.41, 5.74) is 0. The average molecular weight is 286 g/mol. The van der Waals surface area contributed by atoms with E-state index < -0.39 is 0 Å². The van der Waals surface area contributed by atoms with Crippen molar-refractivity contribution in [2.24, 2.45) is 11.8 Å². The van der Waals surface area contributed by atoms with Gasteiger partial charge in [0.15, 0.2) is 0 Å². The Kier molecular flexibility index (Phi) is 8.82. The summed E-state index contributed by atoms with van der Waals surface area (Å²) in [4.78, 5) is 11.9. The number of ether oxygens (including phenoxy) is 1. The molecule has 0 aliphatic heterocycles. The minimum atomic E-state index is -0.182.